The van der Waals surface area contributed by atoms with Gasteiger partial charge in [-0.1, -0.05) is 30.2 Å². The SMILES string of the molecule is O=C(CCN1CCCCC1)NC[C@@H](c1ccc(Cl)cc1)N1CCCC1. The van der Waals surface area contributed by atoms with Gasteiger partial charge in [-0.15, -0.1) is 0 Å². The highest BCUT2D eigenvalue weighted by atomic mass is 35.5. The van der Waals surface area contributed by atoms with Crippen LogP contribution in [-0.2, 0) is 4.79 Å². The second-order valence-electron chi connectivity index (χ2n) is 7.27. The number of nitrogens with one attached hydrogen (secondary N) is 1. The molecule has 2 heterocycles. The van der Waals surface area contributed by atoms with Gasteiger partial charge in [-0.25, -0.2) is 0 Å². The number of carbonyl (C=O) groups is 1. The average molecular weight is 364 g/mol. The molecule has 4 nitrogen and oxygen atoms in total. The minimum atomic E-state index is 0.170. The first kappa shape index (κ1) is 18.7. The molecule has 0 radical (unpaired) electrons. The third-order valence-corrected chi connectivity index (χ3v) is 5.68. The molecule has 138 valence electrons. The van der Waals surface area contributed by atoms with Gasteiger partial charge in [-0.2, -0.15) is 0 Å². The summed E-state index contributed by atoms with van der Waals surface area (Å²) in [6, 6.07) is 8.31. The molecule has 1 aromatic carbocycles. The Morgan fingerprint density at radius 2 is 1.64 bits per heavy atom. The summed E-state index contributed by atoms with van der Waals surface area (Å²) >= 11 is 6.03. The first-order valence-corrected chi connectivity index (χ1v) is 10.1. The number of rotatable bonds is 7. The first-order valence-electron chi connectivity index (χ1n) is 9.71. The minimum Gasteiger partial charge on any atom is -0.354 e. The van der Waals surface area contributed by atoms with Crippen molar-refractivity contribution in [2.75, 3.05) is 39.3 Å². The fraction of sp³-hybridized carbons (Fsp3) is 0.650. The highest BCUT2D eigenvalue weighted by Gasteiger charge is 2.24. The third-order valence-electron chi connectivity index (χ3n) is 5.43. The summed E-state index contributed by atoms with van der Waals surface area (Å²) in [5, 5.41) is 3.93. The molecule has 3 rings (SSSR count). The number of likely N-dealkylation sites (tertiary alicyclic amines) is 2. The van der Waals surface area contributed by atoms with E-state index in [9.17, 15) is 4.79 Å². The van der Waals surface area contributed by atoms with Crippen LogP contribution in [0.2, 0.25) is 5.02 Å². The van der Waals surface area contributed by atoms with Crippen molar-refractivity contribution in [3.05, 3.63) is 34.9 Å². The molecular formula is C20H30ClN3O. The summed E-state index contributed by atoms with van der Waals surface area (Å²) in [7, 11) is 0. The van der Waals surface area contributed by atoms with E-state index in [0.29, 0.717) is 13.0 Å². The molecule has 2 fully saturated rings. The normalized spacial score (nSPS) is 20.5. The molecule has 0 bridgehead atoms. The van der Waals surface area contributed by atoms with Crippen molar-refractivity contribution >= 4 is 17.5 Å². The first-order chi connectivity index (χ1) is 12.2. The van der Waals surface area contributed by atoms with Crippen LogP contribution in [0.15, 0.2) is 24.3 Å². The summed E-state index contributed by atoms with van der Waals surface area (Å²) < 4.78 is 0. The van der Waals surface area contributed by atoms with Crippen molar-refractivity contribution in [3.63, 3.8) is 0 Å². The predicted octanol–water partition coefficient (Wildman–Crippen LogP) is 3.47. The van der Waals surface area contributed by atoms with E-state index in [-0.39, 0.29) is 11.9 Å². The van der Waals surface area contributed by atoms with Crippen molar-refractivity contribution < 1.29 is 4.79 Å². The lowest BCUT2D eigenvalue weighted by Gasteiger charge is -2.29. The Bertz CT molecular complexity index is 536. The molecule has 25 heavy (non-hydrogen) atoms. The lowest BCUT2D eigenvalue weighted by Crippen LogP contribution is -2.38. The molecule has 1 atom stereocenters. The molecule has 0 aromatic heterocycles. The lowest BCUT2D eigenvalue weighted by molar-refractivity contribution is -0.121. The number of carbonyl (C=O) groups excluding carboxylic acids is 1. The summed E-state index contributed by atoms with van der Waals surface area (Å²) in [5.74, 6) is 0.170. The van der Waals surface area contributed by atoms with Crippen molar-refractivity contribution in [2.45, 2.75) is 44.6 Å². The van der Waals surface area contributed by atoms with Crippen LogP contribution in [0.25, 0.3) is 0 Å². The molecule has 2 aliphatic rings. The van der Waals surface area contributed by atoms with Crippen LogP contribution in [-0.4, -0.2) is 55.0 Å². The van der Waals surface area contributed by atoms with E-state index >= 15 is 0 Å². The molecule has 2 aliphatic heterocycles. The molecule has 1 N–H and O–H groups in total. The quantitative estimate of drug-likeness (QED) is 0.805. The molecular weight excluding hydrogens is 334 g/mol. The maximum Gasteiger partial charge on any atom is 0.221 e. The maximum absolute atomic E-state index is 12.3. The van der Waals surface area contributed by atoms with Gasteiger partial charge >= 0.3 is 0 Å². The monoisotopic (exact) mass is 363 g/mol. The van der Waals surface area contributed by atoms with Gasteiger partial charge in [0.1, 0.15) is 0 Å². The number of piperidine rings is 1. The van der Waals surface area contributed by atoms with Gasteiger partial charge in [0.05, 0.1) is 6.04 Å². The zero-order chi connectivity index (χ0) is 17.5. The maximum atomic E-state index is 12.3. The smallest absolute Gasteiger partial charge is 0.221 e. The van der Waals surface area contributed by atoms with Crippen molar-refractivity contribution in [3.8, 4) is 0 Å². The van der Waals surface area contributed by atoms with Crippen LogP contribution in [0, 0.1) is 0 Å². The van der Waals surface area contributed by atoms with Crippen molar-refractivity contribution in [1.29, 1.82) is 0 Å². The van der Waals surface area contributed by atoms with Gasteiger partial charge in [-0.3, -0.25) is 9.69 Å². The van der Waals surface area contributed by atoms with Crippen LogP contribution >= 0.6 is 11.6 Å². The minimum absolute atomic E-state index is 0.170. The molecule has 2 saturated heterocycles. The Balaban J connectivity index is 1.51. The van der Waals surface area contributed by atoms with Gasteiger partial charge in [0.25, 0.3) is 0 Å². The highest BCUT2D eigenvalue weighted by Crippen LogP contribution is 2.25. The largest absolute Gasteiger partial charge is 0.354 e. The topological polar surface area (TPSA) is 35.6 Å². The number of nitrogens with zero attached hydrogens (tertiary/aromatic N) is 2. The van der Waals surface area contributed by atoms with Crippen LogP contribution < -0.4 is 5.32 Å². The molecule has 1 amide bonds. The molecule has 0 spiro atoms. The molecule has 0 saturated carbocycles. The number of benzene rings is 1. The van der Waals surface area contributed by atoms with E-state index in [2.05, 4.69) is 27.2 Å². The Morgan fingerprint density at radius 3 is 2.32 bits per heavy atom. The van der Waals surface area contributed by atoms with Gasteiger partial charge in [0, 0.05) is 24.5 Å². The standard InChI is InChI=1S/C20H30ClN3O/c21-18-8-6-17(7-9-18)19(24-13-4-5-14-24)16-22-20(25)10-15-23-11-2-1-3-12-23/h6-9,19H,1-5,10-16H2,(H,22,25)/t19-/m0/s1. The van der Waals surface area contributed by atoms with Crippen LogP contribution in [0.3, 0.4) is 0 Å². The van der Waals surface area contributed by atoms with Gasteiger partial charge in [-0.05, 0) is 69.6 Å². The summed E-state index contributed by atoms with van der Waals surface area (Å²) in [6.07, 6.45) is 6.97. The number of amides is 1. The molecule has 1 aromatic rings. The molecule has 0 unspecified atom stereocenters. The Hall–Kier alpha value is -1.10. The van der Waals surface area contributed by atoms with E-state index in [1.54, 1.807) is 0 Å². The second kappa shape index (κ2) is 9.56. The van der Waals surface area contributed by atoms with Crippen molar-refractivity contribution in [1.82, 2.24) is 15.1 Å². The van der Waals surface area contributed by atoms with Crippen LogP contribution in [0.4, 0.5) is 0 Å². The predicted molar refractivity (Wildman–Crippen MR) is 103 cm³/mol. The number of halogens is 1. The highest BCUT2D eigenvalue weighted by molar-refractivity contribution is 6.30. The van der Waals surface area contributed by atoms with E-state index in [1.807, 2.05) is 12.1 Å². The van der Waals surface area contributed by atoms with E-state index < -0.39 is 0 Å². The summed E-state index contributed by atoms with van der Waals surface area (Å²) in [5.41, 5.74) is 1.24. The third kappa shape index (κ3) is 5.70. The Kier molecular flexibility index (Phi) is 7.14. The van der Waals surface area contributed by atoms with Gasteiger partial charge < -0.3 is 10.2 Å². The number of hydrogen-bond donors (Lipinski definition) is 1. The Morgan fingerprint density at radius 1 is 1.00 bits per heavy atom. The summed E-state index contributed by atoms with van der Waals surface area (Å²) in [6.45, 7) is 6.08. The van der Waals surface area contributed by atoms with Crippen molar-refractivity contribution in [2.24, 2.45) is 0 Å². The molecule has 0 aliphatic carbocycles. The average Bonchev–Trinajstić information content (AvgIpc) is 3.17. The van der Waals surface area contributed by atoms with E-state index in [4.69, 9.17) is 11.6 Å². The molecule has 5 heteroatoms. The van der Waals surface area contributed by atoms with Gasteiger partial charge in [0.15, 0.2) is 0 Å². The Labute approximate surface area is 156 Å². The van der Waals surface area contributed by atoms with Gasteiger partial charge in [0.2, 0.25) is 5.91 Å². The summed E-state index contributed by atoms with van der Waals surface area (Å²) in [4.78, 5) is 17.2. The fourth-order valence-corrected chi connectivity index (χ4v) is 4.06. The van der Waals surface area contributed by atoms with E-state index in [0.717, 1.165) is 37.7 Å². The van der Waals surface area contributed by atoms with Crippen LogP contribution in [0.5, 0.6) is 0 Å². The fourth-order valence-electron chi connectivity index (χ4n) is 3.94. The second-order valence-corrected chi connectivity index (χ2v) is 7.70. The van der Waals surface area contributed by atoms with E-state index in [1.165, 1.54) is 37.7 Å². The zero-order valence-corrected chi connectivity index (χ0v) is 15.8. The number of hydrogen-bond acceptors (Lipinski definition) is 3. The lowest BCUT2D eigenvalue weighted by atomic mass is 10.1. The zero-order valence-electron chi connectivity index (χ0n) is 15.1. The van der Waals surface area contributed by atoms with Crippen LogP contribution in [0.1, 0.15) is 50.1 Å².